The van der Waals surface area contributed by atoms with E-state index in [0.29, 0.717) is 0 Å². The van der Waals surface area contributed by atoms with E-state index < -0.39 is 0 Å². The van der Waals surface area contributed by atoms with E-state index in [1.54, 1.807) is 0 Å². The maximum absolute atomic E-state index is 3.35. The maximum atomic E-state index is 3.35. The van der Waals surface area contributed by atoms with Gasteiger partial charge in [-0.3, -0.25) is 0 Å². The van der Waals surface area contributed by atoms with Gasteiger partial charge in [-0.25, -0.2) is 0 Å². The molecule has 11 heavy (non-hydrogen) atoms. The molecule has 2 heteroatoms. The summed E-state index contributed by atoms with van der Waals surface area (Å²) in [5.74, 6) is 0. The summed E-state index contributed by atoms with van der Waals surface area (Å²) < 4.78 is 0. The van der Waals surface area contributed by atoms with E-state index in [-0.39, 0.29) is 0 Å². The molecule has 0 saturated carbocycles. The molecule has 0 aliphatic rings. The first-order valence-corrected chi connectivity index (χ1v) is 4.31. The average molecular weight is 156 g/mol. The predicted molar refractivity (Wildman–Crippen MR) is 50.3 cm³/mol. The Balaban J connectivity index is 3.58. The van der Waals surface area contributed by atoms with Crippen molar-refractivity contribution in [3.63, 3.8) is 0 Å². The highest BCUT2D eigenvalue weighted by atomic mass is 14.9. The van der Waals surface area contributed by atoms with Crippen LogP contribution in [-0.2, 0) is 0 Å². The Labute approximate surface area is 70.1 Å². The molecule has 0 amide bonds. The standard InChI is InChI=1S/C9H20N2/c1-5-6-7-11-9(3)8(2)10-4/h10-11H,5-7H2,1-4H3/b9-8-. The predicted octanol–water partition coefficient (Wildman–Crippen LogP) is 1.85. The van der Waals surface area contributed by atoms with Crippen molar-refractivity contribution in [3.05, 3.63) is 11.4 Å². The molecule has 0 atom stereocenters. The van der Waals surface area contributed by atoms with Gasteiger partial charge in [0.05, 0.1) is 0 Å². The third-order valence-corrected chi connectivity index (χ3v) is 1.86. The maximum Gasteiger partial charge on any atom is 0.0265 e. The van der Waals surface area contributed by atoms with E-state index in [2.05, 4.69) is 31.4 Å². The van der Waals surface area contributed by atoms with Crippen molar-refractivity contribution < 1.29 is 0 Å². The van der Waals surface area contributed by atoms with Gasteiger partial charge in [-0.2, -0.15) is 0 Å². The van der Waals surface area contributed by atoms with E-state index in [4.69, 9.17) is 0 Å². The summed E-state index contributed by atoms with van der Waals surface area (Å²) in [6.45, 7) is 7.46. The highest BCUT2D eigenvalue weighted by Gasteiger charge is 1.91. The molecule has 0 aromatic rings. The second-order valence-electron chi connectivity index (χ2n) is 2.78. The minimum Gasteiger partial charge on any atom is -0.390 e. The number of rotatable bonds is 5. The summed E-state index contributed by atoms with van der Waals surface area (Å²) >= 11 is 0. The Morgan fingerprint density at radius 3 is 2.27 bits per heavy atom. The van der Waals surface area contributed by atoms with Crippen LogP contribution in [0.15, 0.2) is 11.4 Å². The molecule has 2 N–H and O–H groups in total. The van der Waals surface area contributed by atoms with Crippen LogP contribution in [0.5, 0.6) is 0 Å². The first kappa shape index (κ1) is 10.3. The van der Waals surface area contributed by atoms with Crippen LogP contribution in [0, 0.1) is 0 Å². The van der Waals surface area contributed by atoms with E-state index in [1.807, 2.05) is 7.05 Å². The lowest BCUT2D eigenvalue weighted by Crippen LogP contribution is -2.17. The number of allylic oxidation sites excluding steroid dienone is 2. The molecule has 0 unspecified atom stereocenters. The van der Waals surface area contributed by atoms with Crippen LogP contribution in [0.3, 0.4) is 0 Å². The van der Waals surface area contributed by atoms with Crippen LogP contribution in [-0.4, -0.2) is 13.6 Å². The fourth-order valence-electron chi connectivity index (χ4n) is 0.773. The first-order valence-electron chi connectivity index (χ1n) is 4.31. The number of unbranched alkanes of at least 4 members (excludes halogenated alkanes) is 1. The molecule has 0 spiro atoms. The molecule has 0 fully saturated rings. The zero-order valence-corrected chi connectivity index (χ0v) is 8.12. The summed E-state index contributed by atoms with van der Waals surface area (Å²) in [6, 6.07) is 0. The van der Waals surface area contributed by atoms with Gasteiger partial charge in [0.1, 0.15) is 0 Å². The molecule has 0 aliphatic heterocycles. The lowest BCUT2D eigenvalue weighted by Gasteiger charge is -2.09. The SMILES string of the molecule is CCCCN/C(C)=C(/C)NC. The molecule has 0 aliphatic carbocycles. The van der Waals surface area contributed by atoms with Crippen molar-refractivity contribution in [2.45, 2.75) is 33.6 Å². The third kappa shape index (κ3) is 4.71. The smallest absolute Gasteiger partial charge is 0.0265 e. The van der Waals surface area contributed by atoms with Gasteiger partial charge in [0, 0.05) is 25.0 Å². The second kappa shape index (κ2) is 6.08. The van der Waals surface area contributed by atoms with Crippen LogP contribution in [0.25, 0.3) is 0 Å². The lowest BCUT2D eigenvalue weighted by molar-refractivity contribution is 0.698. The molecule has 0 heterocycles. The van der Waals surface area contributed by atoms with Gasteiger partial charge in [0.2, 0.25) is 0 Å². The summed E-state index contributed by atoms with van der Waals surface area (Å²) in [4.78, 5) is 0. The number of hydrogen-bond donors (Lipinski definition) is 2. The van der Waals surface area contributed by atoms with Crippen LogP contribution in [0.1, 0.15) is 33.6 Å². The van der Waals surface area contributed by atoms with Crippen molar-refractivity contribution in [1.29, 1.82) is 0 Å². The zero-order valence-electron chi connectivity index (χ0n) is 8.12. The summed E-state index contributed by atoms with van der Waals surface area (Å²) in [5, 5.41) is 6.46. The Kier molecular flexibility index (Phi) is 5.71. The molecule has 0 aromatic carbocycles. The molecular formula is C9H20N2. The Morgan fingerprint density at radius 1 is 1.18 bits per heavy atom. The van der Waals surface area contributed by atoms with Crippen LogP contribution in [0.4, 0.5) is 0 Å². The van der Waals surface area contributed by atoms with Crippen molar-refractivity contribution in [2.24, 2.45) is 0 Å². The summed E-state index contributed by atoms with van der Waals surface area (Å²) in [6.07, 6.45) is 2.49. The van der Waals surface area contributed by atoms with Gasteiger partial charge in [-0.05, 0) is 20.3 Å². The van der Waals surface area contributed by atoms with E-state index >= 15 is 0 Å². The molecular weight excluding hydrogens is 136 g/mol. The van der Waals surface area contributed by atoms with Crippen molar-refractivity contribution >= 4 is 0 Å². The first-order chi connectivity index (χ1) is 5.22. The normalized spacial score (nSPS) is 12.4. The van der Waals surface area contributed by atoms with Gasteiger partial charge in [0.15, 0.2) is 0 Å². The van der Waals surface area contributed by atoms with Gasteiger partial charge in [0.25, 0.3) is 0 Å². The molecule has 2 nitrogen and oxygen atoms in total. The minimum atomic E-state index is 1.08. The largest absolute Gasteiger partial charge is 0.390 e. The van der Waals surface area contributed by atoms with Crippen LogP contribution < -0.4 is 10.6 Å². The Bertz CT molecular complexity index is 128. The minimum absolute atomic E-state index is 1.08. The van der Waals surface area contributed by atoms with E-state index in [9.17, 15) is 0 Å². The van der Waals surface area contributed by atoms with E-state index in [0.717, 1.165) is 6.54 Å². The van der Waals surface area contributed by atoms with Crippen LogP contribution in [0.2, 0.25) is 0 Å². The Hall–Kier alpha value is -0.660. The summed E-state index contributed by atoms with van der Waals surface area (Å²) in [7, 11) is 1.94. The molecule has 0 rings (SSSR count). The topological polar surface area (TPSA) is 24.1 Å². The van der Waals surface area contributed by atoms with Crippen molar-refractivity contribution in [1.82, 2.24) is 10.6 Å². The molecule has 66 valence electrons. The van der Waals surface area contributed by atoms with Crippen LogP contribution >= 0.6 is 0 Å². The Morgan fingerprint density at radius 2 is 1.82 bits per heavy atom. The van der Waals surface area contributed by atoms with Gasteiger partial charge < -0.3 is 10.6 Å². The van der Waals surface area contributed by atoms with Gasteiger partial charge in [-0.1, -0.05) is 13.3 Å². The fraction of sp³-hybridized carbons (Fsp3) is 0.778. The molecule has 0 saturated heterocycles. The molecule has 0 bridgehead atoms. The monoisotopic (exact) mass is 156 g/mol. The van der Waals surface area contributed by atoms with Gasteiger partial charge >= 0.3 is 0 Å². The lowest BCUT2D eigenvalue weighted by atomic mass is 10.3. The second-order valence-corrected chi connectivity index (χ2v) is 2.78. The van der Waals surface area contributed by atoms with Crippen molar-refractivity contribution in [2.75, 3.05) is 13.6 Å². The number of nitrogens with one attached hydrogen (secondary N) is 2. The quantitative estimate of drug-likeness (QED) is 0.594. The van der Waals surface area contributed by atoms with Crippen molar-refractivity contribution in [3.8, 4) is 0 Å². The zero-order chi connectivity index (χ0) is 8.69. The third-order valence-electron chi connectivity index (χ3n) is 1.86. The van der Waals surface area contributed by atoms with E-state index in [1.165, 1.54) is 24.2 Å². The molecule has 0 aromatic heterocycles. The molecule has 0 radical (unpaired) electrons. The average Bonchev–Trinajstić information content (AvgIpc) is 2.03. The fourth-order valence-corrected chi connectivity index (χ4v) is 0.773. The van der Waals surface area contributed by atoms with Gasteiger partial charge in [-0.15, -0.1) is 0 Å². The summed E-state index contributed by atoms with van der Waals surface area (Å²) in [5.41, 5.74) is 2.47. The number of hydrogen-bond acceptors (Lipinski definition) is 2. The highest BCUT2D eigenvalue weighted by Crippen LogP contribution is 1.94. The highest BCUT2D eigenvalue weighted by molar-refractivity contribution is 5.04.